The van der Waals surface area contributed by atoms with Crippen LogP contribution < -0.4 is 0 Å². The molecule has 3 aliphatic carbocycles. The summed E-state index contributed by atoms with van der Waals surface area (Å²) in [5.74, 6) is 2.89. The fraction of sp³-hybridized carbons (Fsp3) is 0.263. The van der Waals surface area contributed by atoms with E-state index < -0.39 is 0 Å². The first kappa shape index (κ1) is 13.5. The molecule has 0 unspecified atom stereocenters. The second-order valence-corrected chi connectivity index (χ2v) is 6.61. The van der Waals surface area contributed by atoms with Crippen molar-refractivity contribution in [3.05, 3.63) is 51.6 Å². The zero-order valence-corrected chi connectivity index (χ0v) is 12.7. The molecule has 1 aromatic rings. The van der Waals surface area contributed by atoms with E-state index in [9.17, 15) is 9.59 Å². The van der Waals surface area contributed by atoms with Crippen LogP contribution in [0.3, 0.4) is 0 Å². The van der Waals surface area contributed by atoms with Crippen LogP contribution in [0.5, 0.6) is 0 Å². The van der Waals surface area contributed by atoms with Gasteiger partial charge < -0.3 is 0 Å². The summed E-state index contributed by atoms with van der Waals surface area (Å²) in [5.41, 5.74) is 3.10. The van der Waals surface area contributed by atoms with Crippen LogP contribution >= 0.6 is 11.6 Å². The van der Waals surface area contributed by atoms with E-state index in [1.54, 1.807) is 19.1 Å². The van der Waals surface area contributed by atoms with Gasteiger partial charge in [-0.25, -0.2) is 0 Å². The van der Waals surface area contributed by atoms with Crippen molar-refractivity contribution in [2.45, 2.75) is 6.92 Å². The van der Waals surface area contributed by atoms with Gasteiger partial charge in [-0.3, -0.25) is 9.59 Å². The minimum atomic E-state index is -0.143. The fourth-order valence-corrected chi connectivity index (χ4v) is 4.15. The highest BCUT2D eigenvalue weighted by atomic mass is 35.5. The lowest BCUT2D eigenvalue weighted by molar-refractivity contribution is -0.118. The van der Waals surface area contributed by atoms with Gasteiger partial charge in [0.15, 0.2) is 5.78 Å². The molecule has 3 aliphatic rings. The molecule has 1 saturated carbocycles. The van der Waals surface area contributed by atoms with E-state index in [0.29, 0.717) is 16.2 Å². The Kier molecular flexibility index (Phi) is 2.74. The molecule has 0 spiro atoms. The zero-order valence-electron chi connectivity index (χ0n) is 12.0. The van der Waals surface area contributed by atoms with Crippen molar-refractivity contribution in [3.63, 3.8) is 0 Å². The number of Topliss-reactive ketones (excluding diaryl/α,β-unsaturated/α-hetero) is 2. The molecule has 4 atom stereocenters. The van der Waals surface area contributed by atoms with Gasteiger partial charge in [-0.1, -0.05) is 29.7 Å². The van der Waals surface area contributed by atoms with Crippen molar-refractivity contribution < 1.29 is 9.59 Å². The number of hydrogen-bond donors (Lipinski definition) is 0. The van der Waals surface area contributed by atoms with Crippen molar-refractivity contribution in [1.29, 1.82) is 0 Å². The maximum atomic E-state index is 12.8. The molecule has 22 heavy (non-hydrogen) atoms. The summed E-state index contributed by atoms with van der Waals surface area (Å²) in [7, 11) is 0. The number of allylic oxidation sites excluding steroid dienone is 3. The molecule has 108 valence electrons. The smallest absolute Gasteiger partial charge is 0.193 e. The van der Waals surface area contributed by atoms with Gasteiger partial charge in [0, 0.05) is 28.0 Å². The van der Waals surface area contributed by atoms with Gasteiger partial charge in [0.05, 0.1) is 0 Å². The summed E-state index contributed by atoms with van der Waals surface area (Å²) in [6, 6.07) is 5.33. The van der Waals surface area contributed by atoms with Crippen LogP contribution in [0.1, 0.15) is 22.8 Å². The van der Waals surface area contributed by atoms with Crippen LogP contribution in [-0.2, 0) is 4.79 Å². The standard InChI is InChI=1S/C19H13ClO2/c1-3-10-6-15-14(18-16(9(2)21)17(10)18)7-11-4-5-12(20)8-13(11)19(15)22/h1,4-8,10,16-18H,2H3/t10-,16-,17-,18+/m0/s1. The van der Waals surface area contributed by atoms with Crippen LogP contribution in [0.15, 0.2) is 35.4 Å². The van der Waals surface area contributed by atoms with E-state index in [4.69, 9.17) is 18.0 Å². The molecule has 3 heteroatoms. The molecular formula is C19H13ClO2. The SMILES string of the molecule is C#C[C@H]1C=C2C(=O)c3cc(Cl)ccc3C=C2[C@@H]2[C@@H](C(C)=O)[C@@H]21. The number of carbonyl (C=O) groups is 2. The van der Waals surface area contributed by atoms with Gasteiger partial charge in [-0.2, -0.15) is 0 Å². The molecular weight excluding hydrogens is 296 g/mol. The molecule has 0 bridgehead atoms. The third kappa shape index (κ3) is 1.69. The van der Waals surface area contributed by atoms with E-state index in [1.807, 2.05) is 18.2 Å². The number of rotatable bonds is 1. The third-order valence-electron chi connectivity index (χ3n) is 4.98. The molecule has 0 aliphatic heterocycles. The highest BCUT2D eigenvalue weighted by molar-refractivity contribution is 6.31. The fourth-order valence-electron chi connectivity index (χ4n) is 3.98. The van der Waals surface area contributed by atoms with E-state index in [2.05, 4.69) is 5.92 Å². The third-order valence-corrected chi connectivity index (χ3v) is 5.22. The Morgan fingerprint density at radius 2 is 2.14 bits per heavy atom. The summed E-state index contributed by atoms with van der Waals surface area (Å²) < 4.78 is 0. The van der Waals surface area contributed by atoms with Crippen LogP contribution in [0.4, 0.5) is 0 Å². The zero-order chi connectivity index (χ0) is 15.6. The van der Waals surface area contributed by atoms with Crippen LogP contribution in [-0.4, -0.2) is 11.6 Å². The molecule has 0 heterocycles. The van der Waals surface area contributed by atoms with Gasteiger partial charge >= 0.3 is 0 Å². The van der Waals surface area contributed by atoms with Gasteiger partial charge in [0.25, 0.3) is 0 Å². The normalized spacial score (nSPS) is 31.0. The maximum absolute atomic E-state index is 12.8. The monoisotopic (exact) mass is 308 g/mol. The molecule has 0 saturated heterocycles. The molecule has 0 N–H and O–H groups in total. The number of halogens is 1. The average Bonchev–Trinajstić information content (AvgIpc) is 3.24. The Morgan fingerprint density at radius 1 is 1.36 bits per heavy atom. The van der Waals surface area contributed by atoms with Crippen LogP contribution in [0.2, 0.25) is 5.02 Å². The largest absolute Gasteiger partial charge is 0.300 e. The van der Waals surface area contributed by atoms with Crippen LogP contribution in [0, 0.1) is 36.0 Å². The van der Waals surface area contributed by atoms with E-state index >= 15 is 0 Å². The molecule has 2 nitrogen and oxygen atoms in total. The predicted molar refractivity (Wildman–Crippen MR) is 85.3 cm³/mol. The Bertz CT molecular complexity index is 837. The van der Waals surface area contributed by atoms with E-state index in [-0.39, 0.29) is 35.2 Å². The Morgan fingerprint density at radius 3 is 2.82 bits per heavy atom. The Balaban J connectivity index is 1.89. The van der Waals surface area contributed by atoms with Crippen molar-refractivity contribution in [2.24, 2.45) is 23.7 Å². The average molecular weight is 309 g/mol. The van der Waals surface area contributed by atoms with Crippen molar-refractivity contribution in [3.8, 4) is 12.3 Å². The predicted octanol–water partition coefficient (Wildman–Crippen LogP) is 3.56. The Hall–Kier alpha value is -2.11. The maximum Gasteiger partial charge on any atom is 0.193 e. The number of terminal acetylenes is 1. The summed E-state index contributed by atoms with van der Waals surface area (Å²) >= 11 is 6.01. The first-order chi connectivity index (χ1) is 10.5. The highest BCUT2D eigenvalue weighted by Gasteiger charge is 2.60. The molecule has 4 rings (SSSR count). The summed E-state index contributed by atoms with van der Waals surface area (Å²) in [5, 5.41) is 0.541. The summed E-state index contributed by atoms with van der Waals surface area (Å²) in [6.07, 6.45) is 9.49. The van der Waals surface area contributed by atoms with Gasteiger partial charge in [0.1, 0.15) is 5.78 Å². The number of hydrogen-bond acceptors (Lipinski definition) is 2. The molecule has 1 fully saturated rings. The Labute approximate surface area is 133 Å². The van der Waals surface area contributed by atoms with Crippen LogP contribution in [0.25, 0.3) is 6.08 Å². The summed E-state index contributed by atoms with van der Waals surface area (Å²) in [6.45, 7) is 1.61. The molecule has 0 aromatic heterocycles. The number of fused-ring (bicyclic) bond motifs is 4. The number of carbonyl (C=O) groups excluding carboxylic acids is 2. The minimum absolute atomic E-state index is 0.0390. The first-order valence-electron chi connectivity index (χ1n) is 7.27. The van der Waals surface area contributed by atoms with Gasteiger partial charge in [0.2, 0.25) is 0 Å². The first-order valence-corrected chi connectivity index (χ1v) is 7.65. The van der Waals surface area contributed by atoms with Gasteiger partial charge in [-0.15, -0.1) is 6.42 Å². The number of ketones is 2. The second kappa shape index (κ2) is 4.44. The lowest BCUT2D eigenvalue weighted by Gasteiger charge is -2.24. The van der Waals surface area contributed by atoms with Crippen molar-refractivity contribution >= 4 is 29.2 Å². The topological polar surface area (TPSA) is 34.1 Å². The van der Waals surface area contributed by atoms with Crippen molar-refractivity contribution in [1.82, 2.24) is 0 Å². The molecule has 0 radical (unpaired) electrons. The second-order valence-electron chi connectivity index (χ2n) is 6.17. The minimum Gasteiger partial charge on any atom is -0.300 e. The molecule has 0 amide bonds. The van der Waals surface area contributed by atoms with E-state index in [1.165, 1.54) is 0 Å². The van der Waals surface area contributed by atoms with Gasteiger partial charge in [-0.05, 0) is 48.1 Å². The lowest BCUT2D eigenvalue weighted by atomic mass is 9.78. The lowest BCUT2D eigenvalue weighted by Crippen LogP contribution is -2.19. The molecule has 1 aromatic carbocycles. The number of benzene rings is 1. The van der Waals surface area contributed by atoms with Crippen molar-refractivity contribution in [2.75, 3.05) is 0 Å². The quantitative estimate of drug-likeness (QED) is 0.743. The van der Waals surface area contributed by atoms with E-state index in [0.717, 1.165) is 11.1 Å². The highest BCUT2D eigenvalue weighted by Crippen LogP contribution is 2.61. The summed E-state index contributed by atoms with van der Waals surface area (Å²) in [4.78, 5) is 24.6.